The lowest BCUT2D eigenvalue weighted by Crippen LogP contribution is -2.21. The van der Waals surface area contributed by atoms with Crippen LogP contribution in [0.2, 0.25) is 0 Å². The van der Waals surface area contributed by atoms with Crippen molar-refractivity contribution in [3.05, 3.63) is 45.5 Å². The molecule has 19 heavy (non-hydrogen) atoms. The number of nitro benzene ring substituents is 1. The van der Waals surface area contributed by atoms with Gasteiger partial charge in [0.05, 0.1) is 21.4 Å². The van der Waals surface area contributed by atoms with Crippen molar-refractivity contribution >= 4 is 28.8 Å². The van der Waals surface area contributed by atoms with Crippen LogP contribution in [0.3, 0.4) is 0 Å². The first-order valence-corrected chi connectivity index (χ1v) is 6.30. The number of hydrogen-bond acceptors (Lipinski definition) is 4. The topological polar surface area (TPSA) is 80.4 Å². The van der Waals surface area contributed by atoms with Gasteiger partial charge in [-0.3, -0.25) is 14.9 Å². The molecule has 0 spiro atoms. The quantitative estimate of drug-likeness (QED) is 0.297. The fourth-order valence-corrected chi connectivity index (χ4v) is 2.53. The number of rotatable bonds is 2. The molecule has 0 bridgehead atoms. The van der Waals surface area contributed by atoms with Crippen LogP contribution in [0, 0.1) is 10.1 Å². The highest BCUT2D eigenvalue weighted by molar-refractivity contribution is 6.27. The van der Waals surface area contributed by atoms with E-state index in [0.29, 0.717) is 19.3 Å². The third-order valence-corrected chi connectivity index (χ3v) is 3.52. The Morgan fingerprint density at radius 2 is 2.11 bits per heavy atom. The van der Waals surface area contributed by atoms with Gasteiger partial charge < -0.3 is 5.11 Å². The van der Waals surface area contributed by atoms with Gasteiger partial charge in [0.1, 0.15) is 5.76 Å². The number of aliphatic hydroxyl groups is 1. The molecule has 1 aliphatic carbocycles. The van der Waals surface area contributed by atoms with Crippen LogP contribution in [-0.4, -0.2) is 21.2 Å². The average Bonchev–Trinajstić information content (AvgIpc) is 2.38. The first kappa shape index (κ1) is 13.5. The maximum absolute atomic E-state index is 11.8. The summed E-state index contributed by atoms with van der Waals surface area (Å²) in [5.74, 6) is -0.626. The van der Waals surface area contributed by atoms with Crippen molar-refractivity contribution < 1.29 is 14.8 Å². The molecular formula is C13H12ClNO4. The van der Waals surface area contributed by atoms with Crippen LogP contribution in [0.5, 0.6) is 0 Å². The fraction of sp³-hybridized carbons (Fsp3) is 0.308. The molecule has 1 N–H and O–H groups in total. The van der Waals surface area contributed by atoms with Crippen LogP contribution < -0.4 is 0 Å². The molecule has 1 saturated carbocycles. The summed E-state index contributed by atoms with van der Waals surface area (Å²) in [5, 5.41) is 20.5. The summed E-state index contributed by atoms with van der Waals surface area (Å²) in [5.41, 5.74) is -0.125. The van der Waals surface area contributed by atoms with E-state index in [1.165, 1.54) is 18.2 Å². The van der Waals surface area contributed by atoms with E-state index >= 15 is 0 Å². The second-order valence-electron chi connectivity index (χ2n) is 4.32. The number of aliphatic hydroxyl groups excluding tert-OH is 1. The summed E-state index contributed by atoms with van der Waals surface area (Å²) in [4.78, 5) is 22.2. The highest BCUT2D eigenvalue weighted by Gasteiger charge is 2.30. The average molecular weight is 282 g/mol. The van der Waals surface area contributed by atoms with Crippen LogP contribution in [0.4, 0.5) is 5.69 Å². The Labute approximate surface area is 114 Å². The van der Waals surface area contributed by atoms with Crippen molar-refractivity contribution in [2.45, 2.75) is 24.6 Å². The van der Waals surface area contributed by atoms with Crippen molar-refractivity contribution in [2.75, 3.05) is 0 Å². The number of nitrogens with zero attached hydrogens (tertiary/aromatic N) is 1. The number of Topliss-reactive ketones (excluding diaryl/α,β-unsaturated/α-hetero) is 1. The first-order chi connectivity index (χ1) is 9.02. The van der Waals surface area contributed by atoms with Gasteiger partial charge in [-0.05, 0) is 18.9 Å². The Hall–Kier alpha value is -1.88. The number of benzene rings is 1. The molecule has 100 valence electrons. The first-order valence-electron chi connectivity index (χ1n) is 5.86. The minimum atomic E-state index is -0.596. The van der Waals surface area contributed by atoms with Crippen molar-refractivity contribution in [1.29, 1.82) is 0 Å². The number of carbonyl (C=O) groups excluding carboxylic acids is 1. The second-order valence-corrected chi connectivity index (χ2v) is 4.85. The van der Waals surface area contributed by atoms with E-state index in [1.807, 2.05) is 0 Å². The van der Waals surface area contributed by atoms with Gasteiger partial charge in [-0.25, -0.2) is 0 Å². The van der Waals surface area contributed by atoms with Crippen LogP contribution in [0.15, 0.2) is 29.8 Å². The number of halogens is 1. The molecule has 0 amide bonds. The number of nitro groups is 1. The van der Waals surface area contributed by atoms with Gasteiger partial charge in [-0.2, -0.15) is 0 Å². The summed E-state index contributed by atoms with van der Waals surface area (Å²) >= 11 is 6.05. The monoisotopic (exact) mass is 281 g/mol. The van der Waals surface area contributed by atoms with Crippen LogP contribution in [-0.2, 0) is 4.79 Å². The Kier molecular flexibility index (Phi) is 3.85. The zero-order valence-electron chi connectivity index (χ0n) is 10.0. The van der Waals surface area contributed by atoms with Crippen LogP contribution in [0.25, 0.3) is 5.76 Å². The summed E-state index contributed by atoms with van der Waals surface area (Å²) in [6.45, 7) is 0. The highest BCUT2D eigenvalue weighted by Crippen LogP contribution is 2.33. The Balaban J connectivity index is 2.57. The SMILES string of the molecule is O=C1CCCC(Cl)/C1=C(/O)c1ccccc1[N+](=O)[O-]. The molecule has 1 aliphatic rings. The summed E-state index contributed by atoms with van der Waals surface area (Å²) in [7, 11) is 0. The molecule has 2 rings (SSSR count). The van der Waals surface area contributed by atoms with Gasteiger partial charge in [-0.1, -0.05) is 12.1 Å². The largest absolute Gasteiger partial charge is 0.507 e. The molecule has 1 aromatic rings. The zero-order chi connectivity index (χ0) is 14.0. The van der Waals surface area contributed by atoms with Crippen molar-refractivity contribution in [2.24, 2.45) is 0 Å². The fourth-order valence-electron chi connectivity index (χ4n) is 2.15. The Morgan fingerprint density at radius 3 is 2.74 bits per heavy atom. The maximum Gasteiger partial charge on any atom is 0.280 e. The number of ketones is 1. The van der Waals surface area contributed by atoms with Gasteiger partial charge in [-0.15, -0.1) is 11.6 Å². The van der Waals surface area contributed by atoms with Crippen molar-refractivity contribution in [3.8, 4) is 0 Å². The normalized spacial score (nSPS) is 22.2. The zero-order valence-corrected chi connectivity index (χ0v) is 10.8. The number of alkyl halides is 1. The van der Waals surface area contributed by atoms with Gasteiger partial charge in [0.25, 0.3) is 5.69 Å². The van der Waals surface area contributed by atoms with E-state index in [0.717, 1.165) is 0 Å². The molecule has 0 saturated heterocycles. The molecule has 0 radical (unpaired) electrons. The standard InChI is InChI=1S/C13H12ClNO4/c14-9-5-3-7-11(16)12(9)13(17)8-4-1-2-6-10(8)15(18)19/h1-2,4,6,9,17H,3,5,7H2/b13-12-. The molecule has 0 heterocycles. The number of para-hydroxylation sites is 1. The number of carbonyl (C=O) groups is 1. The summed E-state index contributed by atoms with van der Waals surface area (Å²) in [6, 6.07) is 5.75. The predicted octanol–water partition coefficient (Wildman–Crippen LogP) is 3.22. The molecule has 1 atom stereocenters. The van der Waals surface area contributed by atoms with E-state index in [4.69, 9.17) is 11.6 Å². The molecule has 0 aromatic heterocycles. The van der Waals surface area contributed by atoms with E-state index in [9.17, 15) is 20.0 Å². The minimum absolute atomic E-state index is 0.0309. The molecule has 1 aromatic carbocycles. The third kappa shape index (κ3) is 2.61. The second kappa shape index (κ2) is 5.40. The summed E-state index contributed by atoms with van der Waals surface area (Å²) in [6.07, 6.45) is 1.55. The maximum atomic E-state index is 11.8. The lowest BCUT2D eigenvalue weighted by atomic mass is 9.90. The van der Waals surface area contributed by atoms with Crippen LogP contribution >= 0.6 is 11.6 Å². The predicted molar refractivity (Wildman–Crippen MR) is 71.1 cm³/mol. The van der Waals surface area contributed by atoms with Crippen molar-refractivity contribution in [1.82, 2.24) is 0 Å². The van der Waals surface area contributed by atoms with E-state index in [-0.39, 0.29) is 28.4 Å². The van der Waals surface area contributed by atoms with Crippen LogP contribution in [0.1, 0.15) is 24.8 Å². The minimum Gasteiger partial charge on any atom is -0.507 e. The van der Waals surface area contributed by atoms with E-state index in [1.54, 1.807) is 6.07 Å². The van der Waals surface area contributed by atoms with Gasteiger partial charge in [0.2, 0.25) is 0 Å². The molecule has 0 aliphatic heterocycles. The van der Waals surface area contributed by atoms with Gasteiger partial charge in [0, 0.05) is 12.5 Å². The van der Waals surface area contributed by atoms with E-state index < -0.39 is 10.3 Å². The highest BCUT2D eigenvalue weighted by atomic mass is 35.5. The van der Waals surface area contributed by atoms with Crippen molar-refractivity contribution in [3.63, 3.8) is 0 Å². The van der Waals surface area contributed by atoms with Gasteiger partial charge >= 0.3 is 0 Å². The Bertz CT molecular complexity index is 568. The lowest BCUT2D eigenvalue weighted by molar-refractivity contribution is -0.385. The molecule has 1 unspecified atom stereocenters. The molecule has 6 heteroatoms. The van der Waals surface area contributed by atoms with Gasteiger partial charge in [0.15, 0.2) is 5.78 Å². The Morgan fingerprint density at radius 1 is 1.42 bits per heavy atom. The molecular weight excluding hydrogens is 270 g/mol. The number of hydrogen-bond donors (Lipinski definition) is 1. The molecule has 5 nitrogen and oxygen atoms in total. The smallest absolute Gasteiger partial charge is 0.280 e. The van der Waals surface area contributed by atoms with E-state index in [2.05, 4.69) is 0 Å². The third-order valence-electron chi connectivity index (χ3n) is 3.09. The summed E-state index contributed by atoms with van der Waals surface area (Å²) < 4.78 is 0. The molecule has 1 fully saturated rings. The number of allylic oxidation sites excluding steroid dienone is 1. The lowest BCUT2D eigenvalue weighted by Gasteiger charge is -2.20.